The summed E-state index contributed by atoms with van der Waals surface area (Å²) in [5.41, 5.74) is 0. The van der Waals surface area contributed by atoms with Crippen LogP contribution in [0.4, 0.5) is 0 Å². The second-order valence-corrected chi connectivity index (χ2v) is 8.92. The van der Waals surface area contributed by atoms with Crippen molar-refractivity contribution in [1.29, 1.82) is 0 Å². The molecule has 0 amide bonds. The van der Waals surface area contributed by atoms with Crippen LogP contribution in [0.1, 0.15) is 32.1 Å². The minimum Gasteiger partial charge on any atom is -0.505 e. The molecule has 0 atom stereocenters. The number of alkyl halides is 2. The molecular formula is C12H11BrCl6O. The first-order valence-electron chi connectivity index (χ1n) is 5.75. The summed E-state index contributed by atoms with van der Waals surface area (Å²) in [6.45, 7) is 0. The second kappa shape index (κ2) is 8.19. The van der Waals surface area contributed by atoms with Crippen LogP contribution in [0.5, 0.6) is 5.75 Å². The number of phenols is 1. The minimum absolute atomic E-state index is 0.00904. The van der Waals surface area contributed by atoms with Gasteiger partial charge in [0.2, 0.25) is 0 Å². The molecule has 0 aromatic heterocycles. The van der Waals surface area contributed by atoms with Gasteiger partial charge in [-0.1, -0.05) is 93.2 Å². The smallest absolute Gasteiger partial charge is 0.155 e. The lowest BCUT2D eigenvalue weighted by atomic mass is 10.0. The molecule has 1 aromatic carbocycles. The van der Waals surface area contributed by atoms with Gasteiger partial charge in [0.25, 0.3) is 0 Å². The molecule has 0 saturated heterocycles. The molecule has 1 nitrogen and oxygen atoms in total. The number of benzene rings is 1. The van der Waals surface area contributed by atoms with E-state index in [9.17, 15) is 5.11 Å². The summed E-state index contributed by atoms with van der Waals surface area (Å²) in [7, 11) is 0. The van der Waals surface area contributed by atoms with Crippen molar-refractivity contribution in [2.75, 3.05) is 0 Å². The fraction of sp³-hybridized carbons (Fsp3) is 0.500. The van der Waals surface area contributed by atoms with E-state index in [4.69, 9.17) is 69.6 Å². The fourth-order valence-corrected chi connectivity index (χ4v) is 3.62. The Balaban J connectivity index is 0.000000217. The van der Waals surface area contributed by atoms with E-state index in [-0.39, 0.29) is 34.6 Å². The maximum atomic E-state index is 9.20. The van der Waals surface area contributed by atoms with Crippen molar-refractivity contribution < 1.29 is 5.11 Å². The molecule has 0 spiro atoms. The Morgan fingerprint density at radius 2 is 1.10 bits per heavy atom. The molecule has 0 radical (unpaired) electrons. The van der Waals surface area contributed by atoms with Crippen molar-refractivity contribution in [3.63, 3.8) is 0 Å². The summed E-state index contributed by atoms with van der Waals surface area (Å²) in [5.74, 6) is -0.363. The van der Waals surface area contributed by atoms with E-state index < -0.39 is 0 Å². The maximum Gasteiger partial charge on any atom is 0.155 e. The van der Waals surface area contributed by atoms with Gasteiger partial charge in [-0.15, -0.1) is 11.6 Å². The molecule has 1 aliphatic carbocycles. The molecule has 1 aromatic rings. The summed E-state index contributed by atoms with van der Waals surface area (Å²) >= 11 is 37.4. The maximum absolute atomic E-state index is 9.20. The first kappa shape index (κ1) is 19.3. The monoisotopic (exact) mass is 460 g/mol. The Hall–Kier alpha value is 1.24. The van der Waals surface area contributed by atoms with Crippen molar-refractivity contribution in [3.8, 4) is 5.75 Å². The van der Waals surface area contributed by atoms with E-state index in [1.807, 2.05) is 0 Å². The van der Waals surface area contributed by atoms with Crippen LogP contribution in [0.15, 0.2) is 0 Å². The third-order valence-corrected chi connectivity index (χ3v) is 6.20. The molecule has 0 aliphatic heterocycles. The van der Waals surface area contributed by atoms with Gasteiger partial charge in [-0.05, 0) is 12.8 Å². The Labute approximate surface area is 156 Å². The Bertz CT molecular complexity index is 378. The zero-order valence-electron chi connectivity index (χ0n) is 10.1. The van der Waals surface area contributed by atoms with Crippen molar-refractivity contribution in [2.45, 2.75) is 35.9 Å². The fourth-order valence-electron chi connectivity index (χ4n) is 1.66. The van der Waals surface area contributed by atoms with Gasteiger partial charge in [-0.3, -0.25) is 0 Å². The average Bonchev–Trinajstić information content (AvgIpc) is 2.41. The average molecular weight is 464 g/mol. The number of phenolic OH excluding ortho intramolecular Hbond substituents is 1. The highest BCUT2D eigenvalue weighted by molar-refractivity contribution is 9.10. The lowest BCUT2D eigenvalue weighted by Gasteiger charge is -2.23. The van der Waals surface area contributed by atoms with Gasteiger partial charge in [0.1, 0.15) is 10.0 Å². The van der Waals surface area contributed by atoms with Gasteiger partial charge in [-0.25, -0.2) is 0 Å². The van der Waals surface area contributed by atoms with Gasteiger partial charge in [-0.2, -0.15) is 0 Å². The third-order valence-electron chi connectivity index (χ3n) is 2.77. The van der Waals surface area contributed by atoms with E-state index in [0.717, 1.165) is 12.8 Å². The Kier molecular flexibility index (Phi) is 7.90. The SMILES string of the molecule is ClC1(Br)CCCCC1.Oc1c(Cl)c(Cl)c(Cl)c(Cl)c1Cl. The largest absolute Gasteiger partial charge is 0.505 e. The van der Waals surface area contributed by atoms with E-state index in [1.165, 1.54) is 19.3 Å². The predicted molar refractivity (Wildman–Crippen MR) is 93.8 cm³/mol. The van der Waals surface area contributed by atoms with E-state index >= 15 is 0 Å². The lowest BCUT2D eigenvalue weighted by molar-refractivity contribution is 0.476. The molecule has 0 unspecified atom stereocenters. The second-order valence-electron chi connectivity index (χ2n) is 4.34. The van der Waals surface area contributed by atoms with Crippen LogP contribution in [0, 0.1) is 0 Å². The zero-order valence-corrected chi connectivity index (χ0v) is 16.3. The first-order valence-corrected chi connectivity index (χ1v) is 8.81. The Morgan fingerprint density at radius 3 is 1.40 bits per heavy atom. The number of aromatic hydroxyl groups is 1. The standard InChI is InChI=1S/C6H10BrCl.C6HCl5O/c7-6(8)4-2-1-3-5-6;7-1-2(8)4(10)6(12)5(11)3(1)9/h1-5H2;12H. The molecule has 1 saturated carbocycles. The number of halogens is 7. The molecule has 0 heterocycles. The van der Waals surface area contributed by atoms with E-state index in [2.05, 4.69) is 15.9 Å². The van der Waals surface area contributed by atoms with E-state index in [1.54, 1.807) is 0 Å². The summed E-state index contributed by atoms with van der Waals surface area (Å²) in [6.07, 6.45) is 6.20. The Morgan fingerprint density at radius 1 is 0.750 bits per heavy atom. The van der Waals surface area contributed by atoms with Crippen LogP contribution < -0.4 is 0 Å². The third kappa shape index (κ3) is 5.15. The van der Waals surface area contributed by atoms with Crippen molar-refractivity contribution >= 4 is 85.5 Å². The van der Waals surface area contributed by atoms with Gasteiger partial charge >= 0.3 is 0 Å². The van der Waals surface area contributed by atoms with Crippen LogP contribution in [0.25, 0.3) is 0 Å². The van der Waals surface area contributed by atoms with E-state index in [0.29, 0.717) is 0 Å². The number of hydrogen-bond donors (Lipinski definition) is 1. The van der Waals surface area contributed by atoms with Crippen molar-refractivity contribution in [3.05, 3.63) is 25.1 Å². The summed E-state index contributed by atoms with van der Waals surface area (Å²) < 4.78 is -0.0365. The van der Waals surface area contributed by atoms with Crippen molar-refractivity contribution in [1.82, 2.24) is 0 Å². The zero-order chi connectivity index (χ0) is 15.5. The van der Waals surface area contributed by atoms with Crippen LogP contribution in [0.3, 0.4) is 0 Å². The summed E-state index contributed by atoms with van der Waals surface area (Å²) in [5, 5.41) is 9.01. The molecule has 114 valence electrons. The molecule has 1 aliphatic rings. The van der Waals surface area contributed by atoms with Crippen molar-refractivity contribution in [2.24, 2.45) is 0 Å². The topological polar surface area (TPSA) is 20.2 Å². The molecule has 2 rings (SSSR count). The quantitative estimate of drug-likeness (QED) is 0.235. The highest BCUT2D eigenvalue weighted by Gasteiger charge is 2.25. The molecule has 1 N–H and O–H groups in total. The molecule has 20 heavy (non-hydrogen) atoms. The van der Waals surface area contributed by atoms with Crippen LogP contribution in [-0.4, -0.2) is 8.89 Å². The number of hydrogen-bond acceptors (Lipinski definition) is 1. The van der Waals surface area contributed by atoms with Gasteiger partial charge in [0.15, 0.2) is 5.75 Å². The highest BCUT2D eigenvalue weighted by Crippen LogP contribution is 2.47. The van der Waals surface area contributed by atoms with Crippen LogP contribution in [-0.2, 0) is 0 Å². The molecular weight excluding hydrogens is 453 g/mol. The highest BCUT2D eigenvalue weighted by atomic mass is 79.9. The van der Waals surface area contributed by atoms with Gasteiger partial charge in [0.05, 0.1) is 18.9 Å². The first-order chi connectivity index (χ1) is 9.17. The van der Waals surface area contributed by atoms with Gasteiger partial charge < -0.3 is 5.11 Å². The van der Waals surface area contributed by atoms with Gasteiger partial charge in [0, 0.05) is 0 Å². The normalized spacial score (nSPS) is 17.4. The lowest BCUT2D eigenvalue weighted by Crippen LogP contribution is -2.15. The van der Waals surface area contributed by atoms with Crippen LogP contribution in [0.2, 0.25) is 25.1 Å². The molecule has 0 bridgehead atoms. The van der Waals surface area contributed by atoms with Crippen LogP contribution >= 0.6 is 85.5 Å². The minimum atomic E-state index is -0.363. The molecule has 1 fully saturated rings. The predicted octanol–water partition coefficient (Wildman–Crippen LogP) is 7.94. The summed E-state index contributed by atoms with van der Waals surface area (Å²) in [6, 6.07) is 0. The molecule has 8 heteroatoms. The number of rotatable bonds is 0. The summed E-state index contributed by atoms with van der Waals surface area (Å²) in [4.78, 5) is 0.